The normalized spacial score (nSPS) is 12.8. The van der Waals surface area contributed by atoms with E-state index in [0.717, 1.165) is 0 Å². The van der Waals surface area contributed by atoms with Crippen LogP contribution < -0.4 is 5.32 Å². The zero-order valence-corrected chi connectivity index (χ0v) is 17.9. The SMILES string of the molecule is CC(C)(C)OC(=O)NCC(CCc1ccc(F)cc1)=C(F)S(=O)(=O)c1ccccc1. The van der Waals surface area contributed by atoms with Gasteiger partial charge in [-0.2, -0.15) is 4.39 Å². The molecule has 8 heteroatoms. The summed E-state index contributed by atoms with van der Waals surface area (Å²) in [4.78, 5) is 11.8. The highest BCUT2D eigenvalue weighted by atomic mass is 32.2. The third kappa shape index (κ3) is 6.95. The minimum Gasteiger partial charge on any atom is -0.444 e. The summed E-state index contributed by atoms with van der Waals surface area (Å²) >= 11 is 0. The molecule has 0 aliphatic carbocycles. The molecule has 1 N–H and O–H groups in total. The Morgan fingerprint density at radius 2 is 1.63 bits per heavy atom. The minimum atomic E-state index is -4.37. The van der Waals surface area contributed by atoms with E-state index in [1.165, 1.54) is 48.5 Å². The Hall–Kier alpha value is -2.74. The van der Waals surface area contributed by atoms with Crippen molar-refractivity contribution in [1.82, 2.24) is 5.32 Å². The molecule has 0 saturated heterocycles. The number of alkyl carbamates (subject to hydrolysis) is 1. The first-order valence-corrected chi connectivity index (χ1v) is 10.9. The van der Waals surface area contributed by atoms with Gasteiger partial charge in [-0.15, -0.1) is 0 Å². The molecule has 0 unspecified atom stereocenters. The largest absolute Gasteiger partial charge is 0.444 e. The van der Waals surface area contributed by atoms with E-state index in [1.54, 1.807) is 26.8 Å². The number of hydrogen-bond acceptors (Lipinski definition) is 4. The number of benzene rings is 2. The van der Waals surface area contributed by atoms with Gasteiger partial charge in [-0.05, 0) is 69.0 Å². The van der Waals surface area contributed by atoms with Crippen LogP contribution in [-0.2, 0) is 21.0 Å². The van der Waals surface area contributed by atoms with Crippen LogP contribution in [-0.4, -0.2) is 26.7 Å². The molecule has 0 spiro atoms. The summed E-state index contributed by atoms with van der Waals surface area (Å²) in [6, 6.07) is 12.8. The first-order valence-electron chi connectivity index (χ1n) is 9.38. The third-order valence-corrected chi connectivity index (χ3v) is 5.69. The van der Waals surface area contributed by atoms with Crippen molar-refractivity contribution in [3.8, 4) is 0 Å². The van der Waals surface area contributed by atoms with Crippen LogP contribution in [0.1, 0.15) is 32.8 Å². The highest BCUT2D eigenvalue weighted by Gasteiger charge is 2.25. The lowest BCUT2D eigenvalue weighted by Crippen LogP contribution is -2.34. The average Bonchev–Trinajstić information content (AvgIpc) is 2.68. The molecule has 0 atom stereocenters. The van der Waals surface area contributed by atoms with Gasteiger partial charge in [0.15, 0.2) is 0 Å². The monoisotopic (exact) mass is 437 g/mol. The van der Waals surface area contributed by atoms with Crippen molar-refractivity contribution < 1.29 is 26.7 Å². The molecule has 5 nitrogen and oxygen atoms in total. The van der Waals surface area contributed by atoms with E-state index in [2.05, 4.69) is 5.32 Å². The quantitative estimate of drug-likeness (QED) is 0.666. The maximum absolute atomic E-state index is 15.1. The highest BCUT2D eigenvalue weighted by Crippen LogP contribution is 2.25. The van der Waals surface area contributed by atoms with E-state index in [9.17, 15) is 17.6 Å². The predicted molar refractivity (Wildman–Crippen MR) is 111 cm³/mol. The van der Waals surface area contributed by atoms with Gasteiger partial charge < -0.3 is 10.1 Å². The summed E-state index contributed by atoms with van der Waals surface area (Å²) in [6.45, 7) is 4.70. The predicted octanol–water partition coefficient (Wildman–Crippen LogP) is 4.94. The van der Waals surface area contributed by atoms with Crippen LogP contribution in [0.15, 0.2) is 70.2 Å². The number of hydrogen-bond donors (Lipinski definition) is 1. The van der Waals surface area contributed by atoms with E-state index in [4.69, 9.17) is 4.74 Å². The van der Waals surface area contributed by atoms with Crippen LogP contribution in [0.2, 0.25) is 0 Å². The summed E-state index contributed by atoms with van der Waals surface area (Å²) in [5, 5.41) is 1.09. The lowest BCUT2D eigenvalue weighted by Gasteiger charge is -2.20. The van der Waals surface area contributed by atoms with Gasteiger partial charge in [-0.1, -0.05) is 30.3 Å². The summed E-state index contributed by atoms with van der Waals surface area (Å²) in [5.74, 6) is -0.404. The molecule has 1 amide bonds. The Morgan fingerprint density at radius 1 is 1.03 bits per heavy atom. The Labute approximate surface area is 175 Å². The van der Waals surface area contributed by atoms with Gasteiger partial charge in [0, 0.05) is 6.54 Å². The van der Waals surface area contributed by atoms with Gasteiger partial charge in [0.05, 0.1) is 4.90 Å². The van der Waals surface area contributed by atoms with Crippen LogP contribution in [0, 0.1) is 5.82 Å². The van der Waals surface area contributed by atoms with Gasteiger partial charge in [0.25, 0.3) is 0 Å². The Kier molecular flexibility index (Phi) is 7.72. The van der Waals surface area contributed by atoms with Crippen molar-refractivity contribution in [1.29, 1.82) is 0 Å². The van der Waals surface area contributed by atoms with E-state index in [0.29, 0.717) is 5.56 Å². The number of aryl methyl sites for hydroxylation is 1. The Balaban J connectivity index is 2.27. The minimum absolute atomic E-state index is 0.0132. The standard InChI is InChI=1S/C22H25F2NO4S/c1-22(2,3)29-21(26)25-15-17(12-9-16-10-13-18(23)14-11-16)20(24)30(27,28)19-7-5-4-6-8-19/h4-8,10-11,13-14H,9,12,15H2,1-3H3,(H,25,26). The molecular formula is C22H25F2NO4S. The van der Waals surface area contributed by atoms with E-state index in [-0.39, 0.29) is 29.9 Å². The molecule has 0 radical (unpaired) electrons. The number of carbonyl (C=O) groups is 1. The highest BCUT2D eigenvalue weighted by molar-refractivity contribution is 7.95. The zero-order valence-electron chi connectivity index (χ0n) is 17.1. The molecule has 0 bridgehead atoms. The van der Waals surface area contributed by atoms with Crippen molar-refractivity contribution in [2.24, 2.45) is 0 Å². The zero-order chi connectivity index (χ0) is 22.4. The Bertz CT molecular complexity index is 996. The molecule has 162 valence electrons. The first-order chi connectivity index (χ1) is 14.0. The number of nitrogens with one attached hydrogen (secondary N) is 1. The third-order valence-electron chi connectivity index (χ3n) is 4.04. The lowest BCUT2D eigenvalue weighted by atomic mass is 10.1. The van der Waals surface area contributed by atoms with Gasteiger partial charge in [-0.25, -0.2) is 17.6 Å². The maximum atomic E-state index is 15.1. The molecule has 0 heterocycles. The smallest absolute Gasteiger partial charge is 0.407 e. The van der Waals surface area contributed by atoms with Gasteiger partial charge >= 0.3 is 6.09 Å². The summed E-state index contributed by atoms with van der Waals surface area (Å²) in [5.41, 5.74) is -0.151. The second-order valence-corrected chi connectivity index (χ2v) is 9.51. The summed E-state index contributed by atoms with van der Waals surface area (Å²) in [7, 11) is -4.37. The van der Waals surface area contributed by atoms with Crippen LogP contribution in [0.5, 0.6) is 0 Å². The van der Waals surface area contributed by atoms with Crippen LogP contribution >= 0.6 is 0 Å². The topological polar surface area (TPSA) is 72.5 Å². The lowest BCUT2D eigenvalue weighted by molar-refractivity contribution is 0.0532. The van der Waals surface area contributed by atoms with Crippen molar-refractivity contribution in [3.05, 3.63) is 76.7 Å². The van der Waals surface area contributed by atoms with Gasteiger partial charge in [0.1, 0.15) is 11.4 Å². The average molecular weight is 438 g/mol. The molecule has 30 heavy (non-hydrogen) atoms. The fourth-order valence-electron chi connectivity index (χ4n) is 2.59. The van der Waals surface area contributed by atoms with E-state index < -0.39 is 32.5 Å². The number of halogens is 2. The molecule has 2 aromatic rings. The van der Waals surface area contributed by atoms with Crippen molar-refractivity contribution >= 4 is 15.9 Å². The second kappa shape index (κ2) is 9.84. The number of carbonyl (C=O) groups excluding carboxylic acids is 1. The maximum Gasteiger partial charge on any atom is 0.407 e. The van der Waals surface area contributed by atoms with Crippen LogP contribution in [0.25, 0.3) is 0 Å². The van der Waals surface area contributed by atoms with Gasteiger partial charge in [-0.3, -0.25) is 0 Å². The molecule has 0 fully saturated rings. The summed E-state index contributed by atoms with van der Waals surface area (Å²) < 4.78 is 58.7. The molecule has 0 aliphatic heterocycles. The fraction of sp³-hybridized carbons (Fsp3) is 0.318. The fourth-order valence-corrected chi connectivity index (χ4v) is 3.87. The Morgan fingerprint density at radius 3 is 2.20 bits per heavy atom. The van der Waals surface area contributed by atoms with Crippen LogP contribution in [0.4, 0.5) is 13.6 Å². The van der Waals surface area contributed by atoms with Crippen LogP contribution in [0.3, 0.4) is 0 Å². The molecule has 0 aliphatic rings. The van der Waals surface area contributed by atoms with Crippen molar-refractivity contribution in [2.45, 2.75) is 44.1 Å². The number of sulfone groups is 1. The second-order valence-electron chi connectivity index (χ2n) is 7.68. The first kappa shape index (κ1) is 23.5. The van der Waals surface area contributed by atoms with E-state index in [1.807, 2.05) is 0 Å². The molecule has 0 saturated carbocycles. The summed E-state index contributed by atoms with van der Waals surface area (Å²) in [6.07, 6.45) is -0.505. The van der Waals surface area contributed by atoms with Crippen molar-refractivity contribution in [3.63, 3.8) is 0 Å². The molecule has 0 aromatic heterocycles. The van der Waals surface area contributed by atoms with Crippen molar-refractivity contribution in [2.75, 3.05) is 6.54 Å². The molecular weight excluding hydrogens is 412 g/mol. The van der Waals surface area contributed by atoms with Gasteiger partial charge in [0.2, 0.25) is 15.0 Å². The number of rotatable bonds is 7. The number of ether oxygens (including phenoxy) is 1. The number of amides is 1. The van der Waals surface area contributed by atoms with E-state index >= 15 is 4.39 Å². The molecule has 2 aromatic carbocycles. The molecule has 2 rings (SSSR count).